The lowest BCUT2D eigenvalue weighted by atomic mass is 10.1. The molecule has 1 amide bonds. The Morgan fingerprint density at radius 3 is 2.93 bits per heavy atom. The van der Waals surface area contributed by atoms with E-state index in [-0.39, 0.29) is 17.6 Å². The first-order valence-corrected chi connectivity index (χ1v) is 8.95. The summed E-state index contributed by atoms with van der Waals surface area (Å²) in [6, 6.07) is 10.2. The van der Waals surface area contributed by atoms with Crippen molar-refractivity contribution < 1.29 is 13.6 Å². The second-order valence-corrected chi connectivity index (χ2v) is 6.60. The van der Waals surface area contributed by atoms with Crippen LogP contribution in [0.2, 0.25) is 0 Å². The van der Waals surface area contributed by atoms with Crippen LogP contribution in [0.3, 0.4) is 0 Å². The smallest absolute Gasteiger partial charge is 0.249 e. The third kappa shape index (κ3) is 3.86. The summed E-state index contributed by atoms with van der Waals surface area (Å²) in [6.07, 6.45) is 4.82. The number of benzene rings is 1. The van der Waals surface area contributed by atoms with E-state index in [4.69, 9.17) is 4.42 Å². The lowest BCUT2D eigenvalue weighted by Gasteiger charge is -2.15. The normalized spacial score (nSPS) is 16.6. The number of aryl methyl sites for hydroxylation is 1. The Kier molecular flexibility index (Phi) is 4.91. The van der Waals surface area contributed by atoms with Crippen molar-refractivity contribution in [1.29, 1.82) is 0 Å². The minimum Gasteiger partial charge on any atom is -0.420 e. The number of aromatic nitrogens is 3. The fraction of sp³-hybridized carbons (Fsp3) is 0.300. The van der Waals surface area contributed by atoms with E-state index in [2.05, 4.69) is 15.2 Å². The topological polar surface area (TPSA) is 72.1 Å². The molecule has 1 aromatic carbocycles. The molecule has 1 aliphatic heterocycles. The number of hydrogen-bond donors (Lipinski definition) is 0. The van der Waals surface area contributed by atoms with E-state index in [0.717, 1.165) is 12.0 Å². The van der Waals surface area contributed by atoms with Crippen LogP contribution in [0, 0.1) is 5.82 Å². The Hall–Kier alpha value is -3.09. The molecule has 0 spiro atoms. The number of hydrogen-bond acceptors (Lipinski definition) is 5. The number of halogens is 1. The van der Waals surface area contributed by atoms with Crippen LogP contribution >= 0.6 is 0 Å². The van der Waals surface area contributed by atoms with Crippen molar-refractivity contribution in [2.45, 2.75) is 25.2 Å². The van der Waals surface area contributed by atoms with Gasteiger partial charge in [0.1, 0.15) is 5.82 Å². The predicted molar refractivity (Wildman–Crippen MR) is 96.2 cm³/mol. The Balaban J connectivity index is 1.35. The van der Waals surface area contributed by atoms with E-state index < -0.39 is 0 Å². The second kappa shape index (κ2) is 7.65. The van der Waals surface area contributed by atoms with Gasteiger partial charge in [-0.3, -0.25) is 9.78 Å². The van der Waals surface area contributed by atoms with Gasteiger partial charge in [-0.1, -0.05) is 18.2 Å². The Morgan fingerprint density at radius 2 is 2.11 bits per heavy atom. The minimum atomic E-state index is -0.265. The molecule has 3 aromatic rings. The summed E-state index contributed by atoms with van der Waals surface area (Å²) in [6.45, 7) is 1.19. The first-order valence-electron chi connectivity index (χ1n) is 8.95. The van der Waals surface area contributed by atoms with Crippen LogP contribution in [0.25, 0.3) is 11.5 Å². The quantitative estimate of drug-likeness (QED) is 0.693. The van der Waals surface area contributed by atoms with E-state index in [1.165, 1.54) is 6.07 Å². The van der Waals surface area contributed by atoms with Crippen LogP contribution in [-0.2, 0) is 11.2 Å². The van der Waals surface area contributed by atoms with Gasteiger partial charge in [-0.2, -0.15) is 0 Å². The average molecular weight is 366 g/mol. The highest BCUT2D eigenvalue weighted by molar-refractivity contribution is 5.76. The maximum absolute atomic E-state index is 13.7. The molecule has 0 aliphatic carbocycles. The number of rotatable bonds is 5. The monoisotopic (exact) mass is 366 g/mol. The van der Waals surface area contributed by atoms with Crippen LogP contribution < -0.4 is 0 Å². The fourth-order valence-electron chi connectivity index (χ4n) is 3.29. The van der Waals surface area contributed by atoms with Gasteiger partial charge in [-0.05, 0) is 36.6 Å². The zero-order valence-electron chi connectivity index (χ0n) is 14.7. The van der Waals surface area contributed by atoms with Crippen molar-refractivity contribution in [3.63, 3.8) is 0 Å². The van der Waals surface area contributed by atoms with Crippen LogP contribution in [0.5, 0.6) is 0 Å². The van der Waals surface area contributed by atoms with E-state index in [1.807, 2.05) is 12.1 Å². The Morgan fingerprint density at radius 1 is 1.22 bits per heavy atom. The SMILES string of the molecule is O=C(CCc1ccccc1F)N1CC[C@H](c2nnc(-c3cccnc3)o2)C1. The van der Waals surface area contributed by atoms with Gasteiger partial charge < -0.3 is 9.32 Å². The van der Waals surface area contributed by atoms with Crippen LogP contribution in [0.15, 0.2) is 53.2 Å². The molecule has 0 saturated carbocycles. The summed E-state index contributed by atoms with van der Waals surface area (Å²) in [4.78, 5) is 18.3. The van der Waals surface area contributed by atoms with E-state index in [9.17, 15) is 9.18 Å². The maximum Gasteiger partial charge on any atom is 0.249 e. The second-order valence-electron chi connectivity index (χ2n) is 6.60. The first kappa shape index (κ1) is 17.3. The van der Waals surface area contributed by atoms with Gasteiger partial charge in [0.15, 0.2) is 0 Å². The molecule has 6 nitrogen and oxygen atoms in total. The zero-order chi connectivity index (χ0) is 18.6. The number of pyridine rings is 1. The number of carbonyl (C=O) groups is 1. The molecule has 0 N–H and O–H groups in total. The number of likely N-dealkylation sites (tertiary alicyclic amines) is 1. The van der Waals surface area contributed by atoms with E-state index in [1.54, 1.807) is 35.5 Å². The highest BCUT2D eigenvalue weighted by Crippen LogP contribution is 2.29. The van der Waals surface area contributed by atoms with Gasteiger partial charge in [0, 0.05) is 31.9 Å². The molecule has 7 heteroatoms. The lowest BCUT2D eigenvalue weighted by Crippen LogP contribution is -2.28. The van der Waals surface area contributed by atoms with Crippen molar-refractivity contribution in [3.05, 3.63) is 66.1 Å². The molecule has 1 saturated heterocycles. The highest BCUT2D eigenvalue weighted by atomic mass is 19.1. The molecule has 138 valence electrons. The molecule has 3 heterocycles. The van der Waals surface area contributed by atoms with Crippen molar-refractivity contribution in [3.8, 4) is 11.5 Å². The number of nitrogens with zero attached hydrogens (tertiary/aromatic N) is 4. The molecule has 4 rings (SSSR count). The summed E-state index contributed by atoms with van der Waals surface area (Å²) >= 11 is 0. The average Bonchev–Trinajstić information content (AvgIpc) is 3.37. The molecular formula is C20H19FN4O2. The summed E-state index contributed by atoms with van der Waals surface area (Å²) in [7, 11) is 0. The van der Waals surface area contributed by atoms with Gasteiger partial charge in [0.2, 0.25) is 17.7 Å². The summed E-state index contributed by atoms with van der Waals surface area (Å²) < 4.78 is 19.5. The molecule has 2 aromatic heterocycles. The molecule has 0 bridgehead atoms. The lowest BCUT2D eigenvalue weighted by molar-refractivity contribution is -0.130. The molecule has 0 unspecified atom stereocenters. The Labute approximate surface area is 156 Å². The number of amides is 1. The van der Waals surface area contributed by atoms with Gasteiger partial charge in [0.05, 0.1) is 11.5 Å². The fourth-order valence-corrected chi connectivity index (χ4v) is 3.29. The van der Waals surface area contributed by atoms with Crippen LogP contribution in [-0.4, -0.2) is 39.1 Å². The third-order valence-corrected chi connectivity index (χ3v) is 4.81. The first-order chi connectivity index (χ1) is 13.2. The maximum atomic E-state index is 13.7. The highest BCUT2D eigenvalue weighted by Gasteiger charge is 2.30. The van der Waals surface area contributed by atoms with E-state index in [0.29, 0.717) is 43.3 Å². The largest absolute Gasteiger partial charge is 0.420 e. The van der Waals surface area contributed by atoms with Crippen LogP contribution in [0.4, 0.5) is 4.39 Å². The zero-order valence-corrected chi connectivity index (χ0v) is 14.7. The third-order valence-electron chi connectivity index (χ3n) is 4.81. The molecule has 0 radical (unpaired) electrons. The van der Waals surface area contributed by atoms with E-state index >= 15 is 0 Å². The molecular weight excluding hydrogens is 347 g/mol. The van der Waals surface area contributed by atoms with Gasteiger partial charge >= 0.3 is 0 Å². The Bertz CT molecular complexity index is 928. The standard InChI is InChI=1S/C20H19FN4O2/c21-17-6-2-1-4-14(17)7-8-18(26)25-11-9-16(13-25)20-24-23-19(27-20)15-5-3-10-22-12-15/h1-6,10,12,16H,7-9,11,13H2/t16-/m0/s1. The summed E-state index contributed by atoms with van der Waals surface area (Å²) in [5.41, 5.74) is 1.34. The molecule has 1 aliphatic rings. The minimum absolute atomic E-state index is 0.0211. The molecule has 1 fully saturated rings. The van der Waals surface area contributed by atoms with Gasteiger partial charge in [0.25, 0.3) is 0 Å². The summed E-state index contributed by atoms with van der Waals surface area (Å²) in [5, 5.41) is 8.23. The summed E-state index contributed by atoms with van der Waals surface area (Å²) in [5.74, 6) is 0.757. The van der Waals surface area contributed by atoms with Gasteiger partial charge in [-0.15, -0.1) is 10.2 Å². The van der Waals surface area contributed by atoms with Crippen molar-refractivity contribution in [2.24, 2.45) is 0 Å². The molecule has 27 heavy (non-hydrogen) atoms. The van der Waals surface area contributed by atoms with Crippen LogP contribution in [0.1, 0.15) is 30.2 Å². The number of carbonyl (C=O) groups excluding carboxylic acids is 1. The van der Waals surface area contributed by atoms with Crippen molar-refractivity contribution in [1.82, 2.24) is 20.1 Å². The molecule has 1 atom stereocenters. The van der Waals surface area contributed by atoms with Gasteiger partial charge in [-0.25, -0.2) is 4.39 Å². The predicted octanol–water partition coefficient (Wildman–Crippen LogP) is 3.22. The van der Waals surface area contributed by atoms with Crippen molar-refractivity contribution in [2.75, 3.05) is 13.1 Å². The van der Waals surface area contributed by atoms with Crippen molar-refractivity contribution >= 4 is 5.91 Å².